The minimum atomic E-state index is -0.864. The molecule has 0 N–H and O–H groups in total. The highest BCUT2D eigenvalue weighted by molar-refractivity contribution is 7.07. The summed E-state index contributed by atoms with van der Waals surface area (Å²) in [6.07, 6.45) is 1.56. The number of rotatable bonds is 9. The van der Waals surface area contributed by atoms with Crippen LogP contribution >= 0.6 is 11.3 Å². The molecule has 11 nitrogen and oxygen atoms in total. The molecule has 3 heterocycles. The van der Waals surface area contributed by atoms with Gasteiger partial charge in [0.25, 0.3) is 11.2 Å². The number of esters is 1. The molecule has 0 aliphatic carbocycles. The zero-order valence-corrected chi connectivity index (χ0v) is 24.1. The van der Waals surface area contributed by atoms with E-state index in [2.05, 4.69) is 4.99 Å². The average molecular weight is 590 g/mol. The van der Waals surface area contributed by atoms with Gasteiger partial charge in [-0.25, -0.2) is 9.79 Å². The van der Waals surface area contributed by atoms with Crippen LogP contribution in [0.3, 0.4) is 0 Å². The van der Waals surface area contributed by atoms with Gasteiger partial charge in [-0.05, 0) is 43.7 Å². The van der Waals surface area contributed by atoms with Crippen molar-refractivity contribution < 1.29 is 28.3 Å². The number of methoxy groups -OCH3 is 2. The fourth-order valence-corrected chi connectivity index (χ4v) is 5.80. The van der Waals surface area contributed by atoms with E-state index in [4.69, 9.17) is 18.6 Å². The minimum absolute atomic E-state index is 0.0369. The Labute approximate surface area is 243 Å². The number of benzene rings is 2. The van der Waals surface area contributed by atoms with Crippen molar-refractivity contribution in [2.45, 2.75) is 19.9 Å². The van der Waals surface area contributed by atoms with Crippen LogP contribution in [-0.4, -0.2) is 42.9 Å². The number of furan rings is 1. The Morgan fingerprint density at radius 1 is 1.14 bits per heavy atom. The van der Waals surface area contributed by atoms with Crippen LogP contribution in [0.15, 0.2) is 80.1 Å². The molecule has 0 bridgehead atoms. The molecule has 0 radical (unpaired) electrons. The molecule has 0 saturated carbocycles. The normalized spacial score (nSPS) is 14.9. The number of hydrogen-bond acceptors (Lipinski definition) is 10. The molecule has 0 spiro atoms. The third-order valence-corrected chi connectivity index (χ3v) is 7.69. The fraction of sp³-hybridized carbons (Fsp3) is 0.233. The predicted molar refractivity (Wildman–Crippen MR) is 155 cm³/mol. The van der Waals surface area contributed by atoms with Crippen molar-refractivity contribution >= 4 is 29.1 Å². The molecule has 1 unspecified atom stereocenters. The molecule has 1 aliphatic rings. The van der Waals surface area contributed by atoms with Crippen LogP contribution in [-0.2, 0) is 14.3 Å². The number of nitrogens with zero attached hydrogens (tertiary/aromatic N) is 3. The Kier molecular flexibility index (Phi) is 8.18. The second-order valence-corrected chi connectivity index (χ2v) is 10.4. The van der Waals surface area contributed by atoms with Crippen LogP contribution in [0.2, 0.25) is 0 Å². The van der Waals surface area contributed by atoms with E-state index >= 15 is 0 Å². The Balaban J connectivity index is 1.63. The molecule has 0 amide bonds. The number of allylic oxidation sites excluding steroid dienone is 1. The number of thiazole rings is 1. The topological polar surface area (TPSA) is 135 Å². The van der Waals surface area contributed by atoms with Crippen molar-refractivity contribution in [2.24, 2.45) is 4.99 Å². The molecule has 216 valence electrons. The number of nitro benzene ring substituents is 1. The quantitative estimate of drug-likeness (QED) is 0.124. The first-order valence-electron chi connectivity index (χ1n) is 12.9. The highest BCUT2D eigenvalue weighted by Gasteiger charge is 2.35. The first-order valence-corrected chi connectivity index (χ1v) is 13.7. The lowest BCUT2D eigenvalue weighted by atomic mass is 9.95. The maximum absolute atomic E-state index is 13.9. The molecule has 4 aromatic rings. The summed E-state index contributed by atoms with van der Waals surface area (Å²) in [5.74, 6) is 0.497. The molecule has 12 heteroatoms. The van der Waals surface area contributed by atoms with E-state index in [1.807, 2.05) is 0 Å². The second-order valence-electron chi connectivity index (χ2n) is 9.43. The summed E-state index contributed by atoms with van der Waals surface area (Å²) >= 11 is 1.14. The molecule has 1 atom stereocenters. The van der Waals surface area contributed by atoms with Gasteiger partial charge in [-0.1, -0.05) is 35.6 Å². The SMILES string of the molecule is COCCOC(=O)C1=C(C)N=c2sc(=Cc3ccc(-c4ccc(C)cc4[N+](=O)[O-])o3)c(=O)n2C1c1ccccc1OC. The number of hydrogen-bond donors (Lipinski definition) is 0. The van der Waals surface area contributed by atoms with Crippen molar-refractivity contribution in [1.29, 1.82) is 0 Å². The summed E-state index contributed by atoms with van der Waals surface area (Å²) in [6.45, 7) is 3.72. The largest absolute Gasteiger partial charge is 0.496 e. The third kappa shape index (κ3) is 5.41. The van der Waals surface area contributed by atoms with Crippen molar-refractivity contribution in [2.75, 3.05) is 27.4 Å². The highest BCUT2D eigenvalue weighted by Crippen LogP contribution is 2.36. The van der Waals surface area contributed by atoms with Crippen LogP contribution < -0.4 is 19.6 Å². The minimum Gasteiger partial charge on any atom is -0.496 e. The van der Waals surface area contributed by atoms with Gasteiger partial charge in [0, 0.05) is 24.8 Å². The standard InChI is InChI=1S/C30H27N3O8S/c1-17-9-11-20(22(15-17)33(36)37)24-12-10-19(41-24)16-25-28(34)32-27(21-7-5-6-8-23(21)39-4)26(18(2)31-30(32)42-25)29(35)40-14-13-38-3/h5-12,15-16,27H,13-14H2,1-4H3. The molecular formula is C30H27N3O8S. The zero-order chi connectivity index (χ0) is 30.0. The highest BCUT2D eigenvalue weighted by atomic mass is 32.1. The number of carbonyl (C=O) groups excluding carboxylic acids is 1. The Morgan fingerprint density at radius 3 is 2.67 bits per heavy atom. The van der Waals surface area contributed by atoms with E-state index in [1.54, 1.807) is 68.5 Å². The molecule has 0 fully saturated rings. The van der Waals surface area contributed by atoms with Gasteiger partial charge < -0.3 is 18.6 Å². The van der Waals surface area contributed by atoms with Crippen molar-refractivity contribution in [3.05, 3.63) is 113 Å². The van der Waals surface area contributed by atoms with Crippen LogP contribution in [0, 0.1) is 17.0 Å². The lowest BCUT2D eigenvalue weighted by molar-refractivity contribution is -0.384. The monoisotopic (exact) mass is 589 g/mol. The van der Waals surface area contributed by atoms with Gasteiger partial charge in [-0.2, -0.15) is 0 Å². The Bertz CT molecular complexity index is 1900. The molecule has 0 saturated heterocycles. The zero-order valence-electron chi connectivity index (χ0n) is 23.3. The van der Waals surface area contributed by atoms with E-state index in [9.17, 15) is 19.7 Å². The number of carbonyl (C=O) groups is 1. The lowest BCUT2D eigenvalue weighted by Gasteiger charge is -2.26. The third-order valence-electron chi connectivity index (χ3n) is 6.71. The van der Waals surface area contributed by atoms with E-state index in [-0.39, 0.29) is 24.5 Å². The van der Waals surface area contributed by atoms with Gasteiger partial charge in [-0.3, -0.25) is 19.5 Å². The summed E-state index contributed by atoms with van der Waals surface area (Å²) in [6, 6.07) is 14.4. The summed E-state index contributed by atoms with van der Waals surface area (Å²) in [5.41, 5.74) is 1.81. The summed E-state index contributed by atoms with van der Waals surface area (Å²) in [5, 5.41) is 11.6. The number of nitro groups is 1. The first kappa shape index (κ1) is 28.7. The van der Waals surface area contributed by atoms with E-state index < -0.39 is 22.5 Å². The maximum Gasteiger partial charge on any atom is 0.338 e. The van der Waals surface area contributed by atoms with Gasteiger partial charge >= 0.3 is 5.97 Å². The summed E-state index contributed by atoms with van der Waals surface area (Å²) < 4.78 is 23.7. The molecule has 42 heavy (non-hydrogen) atoms. The van der Waals surface area contributed by atoms with Gasteiger partial charge in [0.1, 0.15) is 29.9 Å². The van der Waals surface area contributed by atoms with Gasteiger partial charge in [0.2, 0.25) is 0 Å². The van der Waals surface area contributed by atoms with Crippen molar-refractivity contribution in [1.82, 2.24) is 4.57 Å². The molecular weight excluding hydrogens is 562 g/mol. The number of ether oxygens (including phenoxy) is 3. The summed E-state index contributed by atoms with van der Waals surface area (Å²) in [7, 11) is 3.02. The van der Waals surface area contributed by atoms with Gasteiger partial charge in [0.05, 0.1) is 40.0 Å². The second kappa shape index (κ2) is 12.0. The van der Waals surface area contributed by atoms with Crippen molar-refractivity contribution in [3.63, 3.8) is 0 Å². The Morgan fingerprint density at radius 2 is 1.93 bits per heavy atom. The first-order chi connectivity index (χ1) is 20.2. The Hall–Kier alpha value is -4.81. The van der Waals surface area contributed by atoms with E-state index in [0.717, 1.165) is 16.9 Å². The van der Waals surface area contributed by atoms with Crippen LogP contribution in [0.25, 0.3) is 17.4 Å². The number of para-hydroxylation sites is 1. The maximum atomic E-state index is 13.9. The number of aromatic nitrogens is 1. The van der Waals surface area contributed by atoms with Crippen LogP contribution in [0.5, 0.6) is 5.75 Å². The molecule has 1 aliphatic heterocycles. The van der Waals surface area contributed by atoms with Gasteiger partial charge in [-0.15, -0.1) is 0 Å². The number of fused-ring (bicyclic) bond motifs is 1. The smallest absolute Gasteiger partial charge is 0.338 e. The predicted octanol–water partition coefficient (Wildman–Crippen LogP) is 3.91. The average Bonchev–Trinajstić information content (AvgIpc) is 3.56. The molecule has 2 aromatic heterocycles. The summed E-state index contributed by atoms with van der Waals surface area (Å²) in [4.78, 5) is 43.3. The lowest BCUT2D eigenvalue weighted by Crippen LogP contribution is -2.40. The molecule has 2 aromatic carbocycles. The van der Waals surface area contributed by atoms with Crippen molar-refractivity contribution in [3.8, 4) is 17.1 Å². The molecule has 5 rings (SSSR count). The fourth-order valence-electron chi connectivity index (χ4n) is 4.77. The van der Waals surface area contributed by atoms with E-state index in [0.29, 0.717) is 43.4 Å². The van der Waals surface area contributed by atoms with Crippen LogP contribution in [0.4, 0.5) is 5.69 Å². The van der Waals surface area contributed by atoms with E-state index in [1.165, 1.54) is 24.9 Å². The number of aryl methyl sites for hydroxylation is 1. The van der Waals surface area contributed by atoms with Gasteiger partial charge in [0.15, 0.2) is 4.80 Å². The van der Waals surface area contributed by atoms with Crippen LogP contribution in [0.1, 0.15) is 29.9 Å².